The third-order valence-corrected chi connectivity index (χ3v) is 3.85. The van der Waals surface area contributed by atoms with Crippen LogP contribution in [0.4, 0.5) is 11.4 Å². The number of rotatable bonds is 6. The lowest BCUT2D eigenvalue weighted by molar-refractivity contribution is -0.384. The first-order valence-electron chi connectivity index (χ1n) is 6.65. The van der Waals surface area contributed by atoms with E-state index in [9.17, 15) is 25.1 Å². The largest absolute Gasteiger partial charge is 0.508 e. The van der Waals surface area contributed by atoms with Crippen LogP contribution in [0.5, 0.6) is 5.75 Å². The van der Waals surface area contributed by atoms with Crippen LogP contribution in [0.3, 0.4) is 0 Å². The van der Waals surface area contributed by atoms with Crippen LogP contribution >= 0.6 is 23.2 Å². The summed E-state index contributed by atoms with van der Waals surface area (Å²) in [5, 5.41) is 33.7. The summed E-state index contributed by atoms with van der Waals surface area (Å²) in [6, 6.07) is 7.73. The molecule has 126 valence electrons. The van der Waals surface area contributed by atoms with Crippen molar-refractivity contribution in [3.63, 3.8) is 0 Å². The number of phenolic OH excluding ortho intramolecular Hbond substituents is 1. The standard InChI is InChI=1S/C15H12Cl2N2O5/c16-8-1-4-14(21)10(5-8)11(7-20)15(22)18-13-3-2-9(19(23)24)6-12(13)17/h1-7,11,15,18,21-22H. The highest BCUT2D eigenvalue weighted by Gasteiger charge is 2.24. The van der Waals surface area contributed by atoms with Crippen LogP contribution in [0.2, 0.25) is 10.0 Å². The number of carbonyl (C=O) groups is 1. The topological polar surface area (TPSA) is 113 Å². The minimum absolute atomic E-state index is 0.00298. The van der Waals surface area contributed by atoms with E-state index < -0.39 is 17.1 Å². The van der Waals surface area contributed by atoms with E-state index in [4.69, 9.17) is 23.2 Å². The molecule has 0 aliphatic rings. The molecule has 7 nitrogen and oxygen atoms in total. The monoisotopic (exact) mass is 370 g/mol. The van der Waals surface area contributed by atoms with Crippen molar-refractivity contribution < 1.29 is 19.9 Å². The molecule has 0 radical (unpaired) electrons. The number of halogens is 2. The van der Waals surface area contributed by atoms with E-state index in [0.717, 1.165) is 6.07 Å². The van der Waals surface area contributed by atoms with Crippen molar-refractivity contribution in [2.75, 3.05) is 5.32 Å². The maximum Gasteiger partial charge on any atom is 0.271 e. The van der Waals surface area contributed by atoms with E-state index in [0.29, 0.717) is 6.29 Å². The number of hydrogen-bond acceptors (Lipinski definition) is 6. The van der Waals surface area contributed by atoms with Crippen LogP contribution in [0, 0.1) is 10.1 Å². The molecular formula is C15H12Cl2N2O5. The molecule has 0 heterocycles. The summed E-state index contributed by atoms with van der Waals surface area (Å²) in [4.78, 5) is 21.4. The summed E-state index contributed by atoms with van der Waals surface area (Å²) >= 11 is 11.8. The zero-order valence-corrected chi connectivity index (χ0v) is 13.5. The average Bonchev–Trinajstić information content (AvgIpc) is 2.53. The Morgan fingerprint density at radius 3 is 2.50 bits per heavy atom. The molecule has 0 aromatic heterocycles. The van der Waals surface area contributed by atoms with Crippen LogP contribution in [0.1, 0.15) is 11.5 Å². The van der Waals surface area contributed by atoms with Gasteiger partial charge in [-0.2, -0.15) is 0 Å². The molecule has 0 spiro atoms. The van der Waals surface area contributed by atoms with Gasteiger partial charge in [-0.1, -0.05) is 23.2 Å². The Labute approximate surface area is 146 Å². The van der Waals surface area contributed by atoms with Gasteiger partial charge in [0, 0.05) is 22.7 Å². The zero-order chi connectivity index (χ0) is 17.9. The highest BCUT2D eigenvalue weighted by atomic mass is 35.5. The summed E-state index contributed by atoms with van der Waals surface area (Å²) in [5.74, 6) is -1.33. The van der Waals surface area contributed by atoms with Gasteiger partial charge in [0.1, 0.15) is 18.3 Å². The molecule has 2 aromatic carbocycles. The number of nitrogens with one attached hydrogen (secondary N) is 1. The Kier molecular flexibility index (Phi) is 5.61. The van der Waals surface area contributed by atoms with Gasteiger partial charge in [-0.05, 0) is 24.3 Å². The van der Waals surface area contributed by atoms with E-state index >= 15 is 0 Å². The van der Waals surface area contributed by atoms with Crippen LogP contribution in [-0.4, -0.2) is 27.7 Å². The number of nitro benzene ring substituents is 1. The van der Waals surface area contributed by atoms with Crippen molar-refractivity contribution in [3.05, 3.63) is 62.1 Å². The highest BCUT2D eigenvalue weighted by molar-refractivity contribution is 6.33. The number of benzene rings is 2. The molecule has 2 atom stereocenters. The van der Waals surface area contributed by atoms with E-state index in [1.165, 1.54) is 30.3 Å². The average molecular weight is 371 g/mol. The van der Waals surface area contributed by atoms with Gasteiger partial charge in [0.2, 0.25) is 0 Å². The van der Waals surface area contributed by atoms with Gasteiger partial charge < -0.3 is 20.3 Å². The van der Waals surface area contributed by atoms with Crippen molar-refractivity contribution in [1.82, 2.24) is 0 Å². The molecule has 0 aliphatic heterocycles. The molecular weight excluding hydrogens is 359 g/mol. The van der Waals surface area contributed by atoms with Gasteiger partial charge in [-0.25, -0.2) is 0 Å². The zero-order valence-electron chi connectivity index (χ0n) is 12.0. The number of aliphatic hydroxyl groups is 1. The van der Waals surface area contributed by atoms with Crippen molar-refractivity contribution in [3.8, 4) is 5.75 Å². The predicted octanol–water partition coefficient (Wildman–Crippen LogP) is 3.32. The Morgan fingerprint density at radius 1 is 1.21 bits per heavy atom. The molecule has 0 saturated carbocycles. The third-order valence-electron chi connectivity index (χ3n) is 3.30. The van der Waals surface area contributed by atoms with Crippen LogP contribution in [0.25, 0.3) is 0 Å². The molecule has 0 aliphatic carbocycles. The predicted molar refractivity (Wildman–Crippen MR) is 89.7 cm³/mol. The van der Waals surface area contributed by atoms with Crippen molar-refractivity contribution in [2.45, 2.75) is 12.1 Å². The van der Waals surface area contributed by atoms with E-state index in [1.54, 1.807) is 0 Å². The lowest BCUT2D eigenvalue weighted by Gasteiger charge is -2.22. The molecule has 3 N–H and O–H groups in total. The summed E-state index contributed by atoms with van der Waals surface area (Å²) in [7, 11) is 0. The maximum absolute atomic E-state index is 11.4. The number of nitrogens with zero attached hydrogens (tertiary/aromatic N) is 1. The number of aliphatic hydroxyl groups excluding tert-OH is 1. The smallest absolute Gasteiger partial charge is 0.271 e. The molecule has 0 amide bonds. The normalized spacial score (nSPS) is 13.1. The van der Waals surface area contributed by atoms with Crippen molar-refractivity contribution in [2.24, 2.45) is 0 Å². The SMILES string of the molecule is O=CC(c1cc(Cl)ccc1O)C(O)Nc1ccc([N+](=O)[O-])cc1Cl. The number of phenols is 1. The Balaban J connectivity index is 2.27. The maximum atomic E-state index is 11.4. The fourth-order valence-corrected chi connectivity index (χ4v) is 2.50. The summed E-state index contributed by atoms with van der Waals surface area (Å²) < 4.78 is 0. The first kappa shape index (κ1) is 18.0. The van der Waals surface area contributed by atoms with Gasteiger partial charge in [0.05, 0.1) is 21.6 Å². The number of hydrogen-bond donors (Lipinski definition) is 3. The van der Waals surface area contributed by atoms with Gasteiger partial charge >= 0.3 is 0 Å². The first-order chi connectivity index (χ1) is 11.3. The minimum atomic E-state index is -1.44. The second-order valence-corrected chi connectivity index (χ2v) is 5.72. The molecule has 0 fully saturated rings. The van der Waals surface area contributed by atoms with Gasteiger partial charge in [-0.3, -0.25) is 10.1 Å². The summed E-state index contributed by atoms with van der Waals surface area (Å²) in [6.45, 7) is 0. The molecule has 2 rings (SSSR count). The quantitative estimate of drug-likeness (QED) is 0.311. The molecule has 24 heavy (non-hydrogen) atoms. The second kappa shape index (κ2) is 7.48. The number of aldehydes is 1. The molecule has 2 unspecified atom stereocenters. The van der Waals surface area contributed by atoms with Gasteiger partial charge in [0.15, 0.2) is 0 Å². The fourth-order valence-electron chi connectivity index (χ4n) is 2.09. The Morgan fingerprint density at radius 2 is 1.92 bits per heavy atom. The number of non-ortho nitro benzene ring substituents is 1. The molecule has 0 saturated heterocycles. The van der Waals surface area contributed by atoms with Crippen LogP contribution in [0.15, 0.2) is 36.4 Å². The highest BCUT2D eigenvalue weighted by Crippen LogP contribution is 2.32. The Bertz CT molecular complexity index is 784. The number of nitro groups is 1. The van der Waals surface area contributed by atoms with E-state index in [1.807, 2.05) is 0 Å². The lowest BCUT2D eigenvalue weighted by atomic mass is 9.97. The van der Waals surface area contributed by atoms with Crippen molar-refractivity contribution in [1.29, 1.82) is 0 Å². The summed E-state index contributed by atoms with van der Waals surface area (Å²) in [5.41, 5.74) is 0.123. The first-order valence-corrected chi connectivity index (χ1v) is 7.41. The van der Waals surface area contributed by atoms with E-state index in [-0.39, 0.29) is 32.7 Å². The van der Waals surface area contributed by atoms with Gasteiger partial charge in [-0.15, -0.1) is 0 Å². The molecule has 2 aromatic rings. The van der Waals surface area contributed by atoms with E-state index in [2.05, 4.69) is 5.32 Å². The summed E-state index contributed by atoms with van der Waals surface area (Å²) in [6.07, 6.45) is -0.992. The number of anilines is 1. The number of aromatic hydroxyl groups is 1. The third kappa shape index (κ3) is 3.94. The second-order valence-electron chi connectivity index (χ2n) is 4.88. The molecule has 0 bridgehead atoms. The van der Waals surface area contributed by atoms with Crippen LogP contribution < -0.4 is 5.32 Å². The van der Waals surface area contributed by atoms with Crippen LogP contribution in [-0.2, 0) is 4.79 Å². The minimum Gasteiger partial charge on any atom is -0.508 e. The number of carbonyl (C=O) groups excluding carboxylic acids is 1. The van der Waals surface area contributed by atoms with Crippen molar-refractivity contribution >= 4 is 40.9 Å². The van der Waals surface area contributed by atoms with Gasteiger partial charge in [0.25, 0.3) is 5.69 Å². The Hall–Kier alpha value is -2.35. The lowest BCUT2D eigenvalue weighted by Crippen LogP contribution is -2.28. The molecule has 9 heteroatoms. The fraction of sp³-hybridized carbons (Fsp3) is 0.133.